The number of ether oxygens (including phenoxy) is 3. The first kappa shape index (κ1) is 19.8. The van der Waals surface area contributed by atoms with Gasteiger partial charge in [0.25, 0.3) is 5.91 Å². The zero-order chi connectivity index (χ0) is 20.4. The highest BCUT2D eigenvalue weighted by atomic mass is 35.5. The lowest BCUT2D eigenvalue weighted by molar-refractivity contribution is 0.0779. The van der Waals surface area contributed by atoms with Crippen LogP contribution in [0.1, 0.15) is 16.1 Å². The summed E-state index contributed by atoms with van der Waals surface area (Å²) in [5, 5.41) is 0.935. The topological polar surface area (TPSA) is 63.8 Å². The smallest absolute Gasteiger partial charge is 0.270 e. The van der Waals surface area contributed by atoms with E-state index in [1.807, 2.05) is 0 Å². The summed E-state index contributed by atoms with van der Waals surface area (Å²) in [6.45, 7) is 0.0251. The van der Waals surface area contributed by atoms with E-state index in [4.69, 9.17) is 25.8 Å². The average Bonchev–Trinajstić information content (AvgIpc) is 3.13. The largest absolute Gasteiger partial charge is 0.496 e. The third kappa shape index (κ3) is 3.45. The first-order chi connectivity index (χ1) is 13.4. The number of carbonyl (C=O) groups excluding carboxylic acids is 1. The minimum Gasteiger partial charge on any atom is -0.496 e. The number of carbonyl (C=O) groups is 1. The Morgan fingerprint density at radius 3 is 2.46 bits per heavy atom. The van der Waals surface area contributed by atoms with Gasteiger partial charge in [0.05, 0.1) is 33.4 Å². The monoisotopic (exact) mass is 406 g/mol. The van der Waals surface area contributed by atoms with Gasteiger partial charge in [-0.2, -0.15) is 0 Å². The molecule has 1 heterocycles. The second kappa shape index (κ2) is 7.98. The number of hydrogen-bond donors (Lipinski definition) is 1. The highest BCUT2D eigenvalue weighted by Gasteiger charge is 2.22. The van der Waals surface area contributed by atoms with E-state index in [0.29, 0.717) is 33.8 Å². The molecule has 3 rings (SSSR count). The van der Waals surface area contributed by atoms with Gasteiger partial charge in [-0.25, -0.2) is 4.39 Å². The van der Waals surface area contributed by atoms with E-state index in [1.165, 1.54) is 38.4 Å². The Balaban J connectivity index is 2.00. The molecule has 2 aromatic carbocycles. The van der Waals surface area contributed by atoms with E-state index in [2.05, 4.69) is 4.98 Å². The number of halogens is 2. The number of amides is 1. The fourth-order valence-corrected chi connectivity index (χ4v) is 3.27. The molecule has 0 bridgehead atoms. The molecule has 0 saturated heterocycles. The highest BCUT2D eigenvalue weighted by Crippen LogP contribution is 2.41. The average molecular weight is 407 g/mol. The third-order valence-electron chi connectivity index (χ3n) is 4.47. The SMILES string of the molecule is COc1cc(OC)c2cc(C(=O)N(C)Cc3c(F)cccc3Cl)[nH]c2c1OC. The number of aromatic amines is 1. The quantitative estimate of drug-likeness (QED) is 0.664. The van der Waals surface area contributed by atoms with Gasteiger partial charge < -0.3 is 24.1 Å². The fraction of sp³-hybridized carbons (Fsp3) is 0.250. The van der Waals surface area contributed by atoms with Crippen LogP contribution in [0.25, 0.3) is 10.9 Å². The lowest BCUT2D eigenvalue weighted by atomic mass is 10.2. The molecule has 3 aromatic rings. The van der Waals surface area contributed by atoms with Crippen molar-refractivity contribution in [3.63, 3.8) is 0 Å². The van der Waals surface area contributed by atoms with Crippen LogP contribution < -0.4 is 14.2 Å². The predicted molar refractivity (Wildman–Crippen MR) is 105 cm³/mol. The van der Waals surface area contributed by atoms with E-state index in [0.717, 1.165) is 0 Å². The number of H-pyrrole nitrogens is 1. The molecule has 0 spiro atoms. The Morgan fingerprint density at radius 2 is 1.86 bits per heavy atom. The summed E-state index contributed by atoms with van der Waals surface area (Å²) in [7, 11) is 6.13. The van der Waals surface area contributed by atoms with Crippen LogP contribution in [0.3, 0.4) is 0 Å². The van der Waals surface area contributed by atoms with Crippen LogP contribution in [0.5, 0.6) is 17.2 Å². The molecule has 8 heteroatoms. The summed E-state index contributed by atoms with van der Waals surface area (Å²) < 4.78 is 30.2. The summed E-state index contributed by atoms with van der Waals surface area (Å²) in [6.07, 6.45) is 0. The van der Waals surface area contributed by atoms with Crippen molar-refractivity contribution in [2.45, 2.75) is 6.54 Å². The predicted octanol–water partition coefficient (Wildman–Crippen LogP) is 4.26. The lowest BCUT2D eigenvalue weighted by Gasteiger charge is -2.17. The lowest BCUT2D eigenvalue weighted by Crippen LogP contribution is -2.27. The van der Waals surface area contributed by atoms with Crippen LogP contribution in [-0.2, 0) is 6.54 Å². The van der Waals surface area contributed by atoms with Crippen molar-refractivity contribution in [1.82, 2.24) is 9.88 Å². The van der Waals surface area contributed by atoms with Gasteiger partial charge in [-0.1, -0.05) is 17.7 Å². The third-order valence-corrected chi connectivity index (χ3v) is 4.83. The number of fused-ring (bicyclic) bond motifs is 1. The molecule has 1 aromatic heterocycles. The maximum Gasteiger partial charge on any atom is 0.270 e. The van der Waals surface area contributed by atoms with Crippen LogP contribution in [0.4, 0.5) is 4.39 Å². The molecular formula is C20H20ClFN2O4. The Kier molecular flexibility index (Phi) is 5.65. The zero-order valence-corrected chi connectivity index (χ0v) is 16.7. The molecular weight excluding hydrogens is 387 g/mol. The van der Waals surface area contributed by atoms with Gasteiger partial charge in [-0.3, -0.25) is 4.79 Å². The number of nitrogens with one attached hydrogen (secondary N) is 1. The molecule has 148 valence electrons. The van der Waals surface area contributed by atoms with Crippen molar-refractivity contribution >= 4 is 28.4 Å². The van der Waals surface area contributed by atoms with Crippen LogP contribution in [0.2, 0.25) is 5.02 Å². The van der Waals surface area contributed by atoms with Crippen molar-refractivity contribution in [3.8, 4) is 17.2 Å². The summed E-state index contributed by atoms with van der Waals surface area (Å²) in [6, 6.07) is 7.77. The molecule has 0 radical (unpaired) electrons. The summed E-state index contributed by atoms with van der Waals surface area (Å²) >= 11 is 6.07. The van der Waals surface area contributed by atoms with Gasteiger partial charge in [0.2, 0.25) is 0 Å². The van der Waals surface area contributed by atoms with Gasteiger partial charge in [0, 0.05) is 29.1 Å². The molecule has 0 aliphatic heterocycles. The highest BCUT2D eigenvalue weighted by molar-refractivity contribution is 6.31. The van der Waals surface area contributed by atoms with Crippen LogP contribution in [0, 0.1) is 5.82 Å². The minimum absolute atomic E-state index is 0.0251. The van der Waals surface area contributed by atoms with Gasteiger partial charge >= 0.3 is 0 Å². The Labute approximate surface area is 166 Å². The summed E-state index contributed by atoms with van der Waals surface area (Å²) in [5.41, 5.74) is 1.13. The normalized spacial score (nSPS) is 10.8. The number of rotatable bonds is 6. The van der Waals surface area contributed by atoms with Gasteiger partial charge in [-0.15, -0.1) is 0 Å². The van der Waals surface area contributed by atoms with Crippen molar-refractivity contribution in [2.24, 2.45) is 0 Å². The Hall–Kier alpha value is -2.93. The molecule has 28 heavy (non-hydrogen) atoms. The minimum atomic E-state index is -0.461. The first-order valence-electron chi connectivity index (χ1n) is 8.41. The number of aromatic nitrogens is 1. The number of hydrogen-bond acceptors (Lipinski definition) is 4. The van der Waals surface area contributed by atoms with E-state index in [1.54, 1.807) is 25.2 Å². The molecule has 0 aliphatic rings. The Bertz CT molecular complexity index is 1010. The molecule has 0 unspecified atom stereocenters. The Morgan fingerprint density at radius 1 is 1.14 bits per heavy atom. The maximum atomic E-state index is 14.0. The van der Waals surface area contributed by atoms with Gasteiger partial charge in [0.1, 0.15) is 17.3 Å². The van der Waals surface area contributed by atoms with Crippen molar-refractivity contribution < 1.29 is 23.4 Å². The zero-order valence-electron chi connectivity index (χ0n) is 15.9. The van der Waals surface area contributed by atoms with E-state index >= 15 is 0 Å². The van der Waals surface area contributed by atoms with Gasteiger partial charge in [0.15, 0.2) is 11.5 Å². The first-order valence-corrected chi connectivity index (χ1v) is 8.79. The summed E-state index contributed by atoms with van der Waals surface area (Å²) in [4.78, 5) is 17.3. The molecule has 0 aliphatic carbocycles. The van der Waals surface area contributed by atoms with E-state index in [-0.39, 0.29) is 23.0 Å². The second-order valence-corrected chi connectivity index (χ2v) is 6.55. The van der Waals surface area contributed by atoms with Gasteiger partial charge in [-0.05, 0) is 18.2 Å². The molecule has 1 N–H and O–H groups in total. The standard InChI is InChI=1S/C20H20ClFN2O4/c1-24(10-12-13(21)6-5-7-14(12)22)20(25)15-8-11-16(26-2)9-17(27-3)19(28-4)18(11)23-15/h5-9,23H,10H2,1-4H3. The van der Waals surface area contributed by atoms with Crippen LogP contribution in [0.15, 0.2) is 30.3 Å². The molecule has 0 atom stereocenters. The fourth-order valence-electron chi connectivity index (χ4n) is 3.05. The number of nitrogens with zero attached hydrogens (tertiary/aromatic N) is 1. The van der Waals surface area contributed by atoms with Crippen molar-refractivity contribution in [1.29, 1.82) is 0 Å². The molecule has 0 fully saturated rings. The number of methoxy groups -OCH3 is 3. The van der Waals surface area contributed by atoms with Crippen molar-refractivity contribution in [2.75, 3.05) is 28.4 Å². The molecule has 0 saturated carbocycles. The van der Waals surface area contributed by atoms with Crippen LogP contribution >= 0.6 is 11.6 Å². The number of benzene rings is 2. The van der Waals surface area contributed by atoms with E-state index in [9.17, 15) is 9.18 Å². The second-order valence-electron chi connectivity index (χ2n) is 6.15. The van der Waals surface area contributed by atoms with Crippen molar-refractivity contribution in [3.05, 3.63) is 52.4 Å². The molecule has 1 amide bonds. The van der Waals surface area contributed by atoms with Crippen LogP contribution in [-0.4, -0.2) is 44.2 Å². The maximum absolute atomic E-state index is 14.0. The molecule has 6 nitrogen and oxygen atoms in total. The van der Waals surface area contributed by atoms with E-state index < -0.39 is 5.82 Å². The summed E-state index contributed by atoms with van der Waals surface area (Å²) in [5.74, 6) is 0.662.